The van der Waals surface area contributed by atoms with Gasteiger partial charge < -0.3 is 33.8 Å². The minimum atomic E-state index is -4.96. The number of carbonyl (C=O) groups is 4. The number of aliphatic hydroxyl groups excluding tert-OH is 1. The van der Waals surface area contributed by atoms with Crippen LogP contribution in [0.3, 0.4) is 0 Å². The highest BCUT2D eigenvalue weighted by Gasteiger charge is 2.30. The van der Waals surface area contributed by atoms with Crippen LogP contribution in [0.25, 0.3) is 0 Å². The second-order valence-corrected chi connectivity index (χ2v) is 31.8. The summed E-state index contributed by atoms with van der Waals surface area (Å²) >= 11 is 0. The molecule has 0 radical (unpaired) electrons. The quantitative estimate of drug-likeness (QED) is 0.0222. The van der Waals surface area contributed by atoms with Crippen molar-refractivity contribution in [3.05, 3.63) is 0 Å². The Morgan fingerprint density at radius 1 is 0.276 bits per heavy atom. The fraction of sp³-hybridized carbons (Fsp3) is 0.949. The Morgan fingerprint density at radius 3 is 0.694 bits per heavy atom. The van der Waals surface area contributed by atoms with Crippen molar-refractivity contribution in [3.63, 3.8) is 0 Å². The molecule has 17 nitrogen and oxygen atoms in total. The van der Waals surface area contributed by atoms with Crippen LogP contribution in [0.15, 0.2) is 0 Å². The maximum absolute atomic E-state index is 13.1. The molecule has 98 heavy (non-hydrogen) atoms. The number of phosphoric acid groups is 2. The van der Waals surface area contributed by atoms with Gasteiger partial charge >= 0.3 is 39.5 Å². The first-order chi connectivity index (χ1) is 47.5. The van der Waals surface area contributed by atoms with E-state index in [1.807, 2.05) is 0 Å². The lowest BCUT2D eigenvalue weighted by molar-refractivity contribution is -0.161. The van der Waals surface area contributed by atoms with Gasteiger partial charge in [-0.3, -0.25) is 37.3 Å². The van der Waals surface area contributed by atoms with Crippen LogP contribution in [0.2, 0.25) is 0 Å². The van der Waals surface area contributed by atoms with E-state index in [-0.39, 0.29) is 25.7 Å². The van der Waals surface area contributed by atoms with Gasteiger partial charge in [0.25, 0.3) is 0 Å². The van der Waals surface area contributed by atoms with Gasteiger partial charge in [-0.25, -0.2) is 9.13 Å². The third-order valence-corrected chi connectivity index (χ3v) is 20.4. The van der Waals surface area contributed by atoms with Crippen molar-refractivity contribution in [1.29, 1.82) is 0 Å². The Hall–Kier alpha value is -1.94. The highest BCUT2D eigenvalue weighted by molar-refractivity contribution is 7.47. The minimum absolute atomic E-state index is 0.108. The van der Waals surface area contributed by atoms with Gasteiger partial charge in [0.2, 0.25) is 0 Å². The van der Waals surface area contributed by atoms with E-state index in [1.54, 1.807) is 0 Å². The molecule has 3 N–H and O–H groups in total. The average molecular weight is 1440 g/mol. The molecule has 0 bridgehead atoms. The zero-order valence-electron chi connectivity index (χ0n) is 63.9. The molecule has 0 aromatic carbocycles. The minimum Gasteiger partial charge on any atom is -0.462 e. The van der Waals surface area contributed by atoms with Crippen molar-refractivity contribution in [1.82, 2.24) is 0 Å². The third kappa shape index (κ3) is 72.4. The maximum Gasteiger partial charge on any atom is 0.472 e. The number of ether oxygens (including phenoxy) is 4. The van der Waals surface area contributed by atoms with Crippen LogP contribution in [0.1, 0.15) is 420 Å². The van der Waals surface area contributed by atoms with Crippen LogP contribution >= 0.6 is 15.6 Å². The topological polar surface area (TPSA) is 237 Å². The molecule has 0 aromatic heterocycles. The van der Waals surface area contributed by atoms with E-state index < -0.39 is 97.5 Å². The second kappa shape index (κ2) is 72.0. The van der Waals surface area contributed by atoms with E-state index in [9.17, 15) is 43.2 Å². The maximum atomic E-state index is 13.1. The Morgan fingerprint density at radius 2 is 0.469 bits per heavy atom. The number of esters is 4. The third-order valence-electron chi connectivity index (χ3n) is 18.5. The molecule has 19 heteroatoms. The van der Waals surface area contributed by atoms with Gasteiger partial charge in [0.05, 0.1) is 26.4 Å². The summed E-state index contributed by atoms with van der Waals surface area (Å²) in [5.41, 5.74) is 0. The first-order valence-electron chi connectivity index (χ1n) is 41.1. The molecule has 0 saturated carbocycles. The summed E-state index contributed by atoms with van der Waals surface area (Å²) in [6.45, 7) is 7.30. The monoisotopic (exact) mass is 1440 g/mol. The van der Waals surface area contributed by atoms with Gasteiger partial charge in [-0.15, -0.1) is 0 Å². The van der Waals surface area contributed by atoms with E-state index in [0.717, 1.165) is 109 Å². The van der Waals surface area contributed by atoms with E-state index in [4.69, 9.17) is 37.0 Å². The lowest BCUT2D eigenvalue weighted by atomic mass is 10.0. The molecule has 582 valence electrons. The van der Waals surface area contributed by atoms with Crippen molar-refractivity contribution in [3.8, 4) is 0 Å². The molecule has 0 aliphatic rings. The average Bonchev–Trinajstić information content (AvgIpc) is 1.10. The summed E-state index contributed by atoms with van der Waals surface area (Å²) in [7, 11) is -9.91. The van der Waals surface area contributed by atoms with Gasteiger partial charge in [-0.05, 0) is 31.6 Å². The van der Waals surface area contributed by atoms with E-state index in [1.165, 1.54) is 231 Å². The van der Waals surface area contributed by atoms with Crippen LogP contribution in [-0.4, -0.2) is 96.7 Å². The van der Waals surface area contributed by atoms with Crippen molar-refractivity contribution < 1.29 is 80.2 Å². The fourth-order valence-electron chi connectivity index (χ4n) is 12.2. The van der Waals surface area contributed by atoms with Crippen LogP contribution < -0.4 is 0 Å². The summed E-state index contributed by atoms with van der Waals surface area (Å²) < 4.78 is 68.5. The molecule has 0 spiro atoms. The summed E-state index contributed by atoms with van der Waals surface area (Å²) in [5, 5.41) is 10.6. The summed E-state index contributed by atoms with van der Waals surface area (Å²) in [6.07, 6.45) is 62.6. The summed E-state index contributed by atoms with van der Waals surface area (Å²) in [5.74, 6) is -1.31. The molecule has 0 aliphatic heterocycles. The first-order valence-corrected chi connectivity index (χ1v) is 44.1. The highest BCUT2D eigenvalue weighted by Crippen LogP contribution is 2.45. The number of hydrogen-bond donors (Lipinski definition) is 3. The van der Waals surface area contributed by atoms with Crippen LogP contribution in [-0.2, 0) is 65.4 Å². The molecule has 0 amide bonds. The zero-order chi connectivity index (χ0) is 71.9. The molecule has 0 aliphatic carbocycles. The number of rotatable bonds is 79. The van der Waals surface area contributed by atoms with Crippen molar-refractivity contribution in [2.45, 2.75) is 438 Å². The molecule has 5 atom stereocenters. The summed E-state index contributed by atoms with van der Waals surface area (Å²) in [4.78, 5) is 72.8. The van der Waals surface area contributed by atoms with Crippen molar-refractivity contribution >= 4 is 39.5 Å². The van der Waals surface area contributed by atoms with Gasteiger partial charge in [0.15, 0.2) is 12.2 Å². The van der Waals surface area contributed by atoms with Gasteiger partial charge in [0.1, 0.15) is 19.3 Å². The Labute approximate surface area is 600 Å². The standard InChI is InChI=1S/C79H154O17P2/c1-6-9-12-15-18-20-22-24-25-26-27-28-29-30-31-37-41-45-50-55-60-65-79(84)96-75(69-90-77(82)63-58-53-48-43-39-36-33-32-35-38-42-47-51-56-61-72(4)5)71-94-98(87,88)92-67-73(80)66-91-97(85,86)93-70-74(68-89-76(81)62-57-52-46-17-14-11-8-3)95-78(83)64-59-54-49-44-40-34-23-21-19-16-13-10-7-2/h72-75,80H,6-71H2,1-5H3,(H,85,86)(H,87,88)/t73-,74+,75+/m0/s1. The molecule has 0 aromatic rings. The highest BCUT2D eigenvalue weighted by atomic mass is 31.2. The SMILES string of the molecule is CCCCCCCCCCCCCCCCCCCCCCCC(=O)O[C@H](COC(=O)CCCCCCCCCCCCCCCCC(C)C)COP(=O)(O)OC[C@@H](O)COP(=O)(O)OC[C@@H](COC(=O)CCCCCCCCC)OC(=O)CCCCCCCCCCCCCCC. The summed E-state index contributed by atoms with van der Waals surface area (Å²) in [6, 6.07) is 0. The zero-order valence-corrected chi connectivity index (χ0v) is 65.7. The van der Waals surface area contributed by atoms with E-state index in [0.29, 0.717) is 25.7 Å². The predicted octanol–water partition coefficient (Wildman–Crippen LogP) is 23.6. The number of hydrogen-bond acceptors (Lipinski definition) is 15. The van der Waals surface area contributed by atoms with Crippen LogP contribution in [0.4, 0.5) is 0 Å². The normalized spacial score (nSPS) is 13.9. The first kappa shape index (κ1) is 96.1. The molecular weight excluding hydrogens is 1280 g/mol. The van der Waals surface area contributed by atoms with Gasteiger partial charge in [0, 0.05) is 25.7 Å². The van der Waals surface area contributed by atoms with Gasteiger partial charge in [-0.2, -0.15) is 0 Å². The van der Waals surface area contributed by atoms with Gasteiger partial charge in [-0.1, -0.05) is 369 Å². The largest absolute Gasteiger partial charge is 0.472 e. The second-order valence-electron chi connectivity index (χ2n) is 28.9. The number of carbonyl (C=O) groups excluding carboxylic acids is 4. The molecule has 2 unspecified atom stereocenters. The Bertz CT molecular complexity index is 1870. The predicted molar refractivity (Wildman–Crippen MR) is 400 cm³/mol. The number of phosphoric ester groups is 2. The lowest BCUT2D eigenvalue weighted by Gasteiger charge is -2.21. The van der Waals surface area contributed by atoms with Crippen molar-refractivity contribution in [2.24, 2.45) is 5.92 Å². The van der Waals surface area contributed by atoms with E-state index in [2.05, 4.69) is 34.6 Å². The smallest absolute Gasteiger partial charge is 0.462 e. The Balaban J connectivity index is 5.17. The molecular formula is C79H154O17P2. The molecule has 0 heterocycles. The molecule has 0 fully saturated rings. The van der Waals surface area contributed by atoms with Crippen LogP contribution in [0.5, 0.6) is 0 Å². The van der Waals surface area contributed by atoms with Crippen molar-refractivity contribution in [2.75, 3.05) is 39.6 Å². The van der Waals surface area contributed by atoms with Crippen LogP contribution in [0, 0.1) is 5.92 Å². The number of aliphatic hydroxyl groups is 1. The lowest BCUT2D eigenvalue weighted by Crippen LogP contribution is -2.30. The molecule has 0 saturated heterocycles. The fourth-order valence-corrected chi connectivity index (χ4v) is 13.8. The molecule has 0 rings (SSSR count). The Kier molecular flexibility index (Phi) is 70.6. The van der Waals surface area contributed by atoms with E-state index >= 15 is 0 Å². The number of unbranched alkanes of at least 4 members (excludes halogenated alkanes) is 51.